The first-order valence-corrected chi connectivity index (χ1v) is 6.31. The van der Waals surface area contributed by atoms with Gasteiger partial charge >= 0.3 is 5.97 Å². The average molecular weight is 266 g/mol. The first kappa shape index (κ1) is 13.5. The molecule has 0 radical (unpaired) electrons. The van der Waals surface area contributed by atoms with Crippen LogP contribution in [0.5, 0.6) is 0 Å². The Balaban J connectivity index is 1.96. The Morgan fingerprint density at radius 1 is 1.63 bits per heavy atom. The Morgan fingerprint density at radius 2 is 2.42 bits per heavy atom. The summed E-state index contributed by atoms with van der Waals surface area (Å²) >= 11 is 0. The molecule has 1 aliphatic heterocycles. The lowest BCUT2D eigenvalue weighted by atomic mass is 10.0. The normalized spacial score (nSPS) is 24.1. The van der Waals surface area contributed by atoms with Crippen molar-refractivity contribution in [1.29, 1.82) is 0 Å². The SMILES string of the molecule is CC1NCCC1C(=O)N[C@H](Cc1cnc[nH]1)C(=O)O. The number of carbonyl (C=O) groups is 2. The van der Waals surface area contributed by atoms with Gasteiger partial charge in [0.15, 0.2) is 0 Å². The van der Waals surface area contributed by atoms with Crippen LogP contribution in [0, 0.1) is 5.92 Å². The van der Waals surface area contributed by atoms with Gasteiger partial charge in [-0.1, -0.05) is 0 Å². The summed E-state index contributed by atoms with van der Waals surface area (Å²) in [6, 6.07) is -0.845. The van der Waals surface area contributed by atoms with Crippen molar-refractivity contribution in [3.05, 3.63) is 18.2 Å². The number of nitrogens with zero attached hydrogens (tertiary/aromatic N) is 1. The summed E-state index contributed by atoms with van der Waals surface area (Å²) in [5.41, 5.74) is 0.685. The third-order valence-electron chi connectivity index (χ3n) is 3.46. The van der Waals surface area contributed by atoms with E-state index < -0.39 is 12.0 Å². The highest BCUT2D eigenvalue weighted by molar-refractivity contribution is 5.85. The van der Waals surface area contributed by atoms with Crippen LogP contribution in [-0.2, 0) is 16.0 Å². The van der Waals surface area contributed by atoms with E-state index in [9.17, 15) is 9.59 Å². The summed E-state index contributed by atoms with van der Waals surface area (Å²) in [6.45, 7) is 2.72. The lowest BCUT2D eigenvalue weighted by Crippen LogP contribution is -2.46. The predicted octanol–water partition coefficient (Wildman–Crippen LogP) is -0.480. The summed E-state index contributed by atoms with van der Waals surface area (Å²) in [5.74, 6) is -1.41. The van der Waals surface area contributed by atoms with Crippen molar-refractivity contribution in [2.24, 2.45) is 5.92 Å². The van der Waals surface area contributed by atoms with Crippen LogP contribution in [0.1, 0.15) is 19.0 Å². The Bertz CT molecular complexity index is 446. The Hall–Kier alpha value is -1.89. The summed E-state index contributed by atoms with van der Waals surface area (Å²) in [4.78, 5) is 29.9. The summed E-state index contributed by atoms with van der Waals surface area (Å²) in [7, 11) is 0. The molecule has 104 valence electrons. The molecule has 2 unspecified atom stereocenters. The molecule has 1 aromatic rings. The van der Waals surface area contributed by atoms with Crippen LogP contribution in [-0.4, -0.2) is 45.6 Å². The number of H-pyrrole nitrogens is 1. The van der Waals surface area contributed by atoms with Gasteiger partial charge in [-0.2, -0.15) is 0 Å². The van der Waals surface area contributed by atoms with Crippen LogP contribution in [0.3, 0.4) is 0 Å². The van der Waals surface area contributed by atoms with Crippen molar-refractivity contribution in [2.45, 2.75) is 31.8 Å². The maximum Gasteiger partial charge on any atom is 0.326 e. The lowest BCUT2D eigenvalue weighted by Gasteiger charge is -2.19. The smallest absolute Gasteiger partial charge is 0.326 e. The van der Waals surface area contributed by atoms with E-state index in [0.29, 0.717) is 5.69 Å². The Kier molecular flexibility index (Phi) is 4.16. The molecule has 0 aliphatic carbocycles. The van der Waals surface area contributed by atoms with Crippen LogP contribution in [0.4, 0.5) is 0 Å². The molecule has 3 atom stereocenters. The number of hydrogen-bond donors (Lipinski definition) is 4. The van der Waals surface area contributed by atoms with Crippen molar-refractivity contribution in [3.8, 4) is 0 Å². The second-order valence-corrected chi connectivity index (χ2v) is 4.82. The number of carboxylic acids is 1. The summed E-state index contributed by atoms with van der Waals surface area (Å²) in [6.07, 6.45) is 3.99. The number of carbonyl (C=O) groups excluding carboxylic acids is 1. The van der Waals surface area contributed by atoms with Crippen molar-refractivity contribution in [3.63, 3.8) is 0 Å². The number of aliphatic carboxylic acids is 1. The number of amides is 1. The molecule has 0 bridgehead atoms. The molecular weight excluding hydrogens is 248 g/mol. The second kappa shape index (κ2) is 5.83. The minimum atomic E-state index is -1.04. The number of carboxylic acid groups (broad SMARTS) is 1. The summed E-state index contributed by atoms with van der Waals surface area (Å²) in [5, 5.41) is 14.9. The minimum Gasteiger partial charge on any atom is -0.480 e. The minimum absolute atomic E-state index is 0.0848. The van der Waals surface area contributed by atoms with Gasteiger partial charge in [-0.25, -0.2) is 9.78 Å². The van der Waals surface area contributed by atoms with Crippen molar-refractivity contribution >= 4 is 11.9 Å². The summed E-state index contributed by atoms with van der Waals surface area (Å²) < 4.78 is 0. The molecule has 4 N–H and O–H groups in total. The highest BCUT2D eigenvalue weighted by atomic mass is 16.4. The molecule has 2 heterocycles. The fourth-order valence-electron chi connectivity index (χ4n) is 2.31. The molecule has 0 spiro atoms. The third kappa shape index (κ3) is 3.31. The van der Waals surface area contributed by atoms with Gasteiger partial charge in [-0.3, -0.25) is 4.79 Å². The van der Waals surface area contributed by atoms with E-state index in [4.69, 9.17) is 5.11 Å². The van der Waals surface area contributed by atoms with Gasteiger partial charge in [0, 0.05) is 24.4 Å². The van der Waals surface area contributed by atoms with E-state index >= 15 is 0 Å². The maximum absolute atomic E-state index is 12.1. The number of rotatable bonds is 5. The zero-order chi connectivity index (χ0) is 13.8. The van der Waals surface area contributed by atoms with E-state index in [1.807, 2.05) is 6.92 Å². The Labute approximate surface area is 110 Å². The number of aromatic amines is 1. The van der Waals surface area contributed by atoms with Crippen molar-refractivity contribution in [1.82, 2.24) is 20.6 Å². The lowest BCUT2D eigenvalue weighted by molar-refractivity contribution is -0.142. The highest BCUT2D eigenvalue weighted by Gasteiger charge is 2.32. The van der Waals surface area contributed by atoms with Gasteiger partial charge in [-0.05, 0) is 19.9 Å². The van der Waals surface area contributed by atoms with Crippen LogP contribution in [0.25, 0.3) is 0 Å². The molecule has 1 aromatic heterocycles. The van der Waals surface area contributed by atoms with E-state index in [-0.39, 0.29) is 24.3 Å². The van der Waals surface area contributed by atoms with Gasteiger partial charge < -0.3 is 20.7 Å². The largest absolute Gasteiger partial charge is 0.480 e. The molecule has 1 fully saturated rings. The number of aromatic nitrogens is 2. The second-order valence-electron chi connectivity index (χ2n) is 4.82. The van der Waals surface area contributed by atoms with E-state index in [0.717, 1.165) is 13.0 Å². The van der Waals surface area contributed by atoms with Crippen LogP contribution in [0.15, 0.2) is 12.5 Å². The number of nitrogens with one attached hydrogen (secondary N) is 3. The fraction of sp³-hybridized carbons (Fsp3) is 0.583. The molecule has 2 rings (SSSR count). The van der Waals surface area contributed by atoms with Crippen LogP contribution in [0.2, 0.25) is 0 Å². The number of imidazole rings is 1. The van der Waals surface area contributed by atoms with Crippen LogP contribution < -0.4 is 10.6 Å². The highest BCUT2D eigenvalue weighted by Crippen LogP contribution is 2.15. The standard InChI is InChI=1S/C12H18N4O3/c1-7-9(2-3-14-7)11(17)16-10(12(18)19)4-8-5-13-6-15-8/h5-7,9-10,14H,2-4H2,1H3,(H,13,15)(H,16,17)(H,18,19)/t7?,9?,10-/m1/s1. The topological polar surface area (TPSA) is 107 Å². The fourth-order valence-corrected chi connectivity index (χ4v) is 2.31. The third-order valence-corrected chi connectivity index (χ3v) is 3.46. The zero-order valence-corrected chi connectivity index (χ0v) is 10.7. The van der Waals surface area contributed by atoms with E-state index in [1.54, 1.807) is 6.20 Å². The molecule has 7 nitrogen and oxygen atoms in total. The molecule has 1 saturated heterocycles. The Morgan fingerprint density at radius 3 is 2.95 bits per heavy atom. The molecule has 0 aromatic carbocycles. The number of hydrogen-bond acceptors (Lipinski definition) is 4. The van der Waals surface area contributed by atoms with Gasteiger partial charge in [-0.15, -0.1) is 0 Å². The zero-order valence-electron chi connectivity index (χ0n) is 10.7. The first-order chi connectivity index (χ1) is 9.08. The maximum atomic E-state index is 12.1. The average Bonchev–Trinajstić information content (AvgIpc) is 2.99. The quantitative estimate of drug-likeness (QED) is 0.576. The van der Waals surface area contributed by atoms with E-state index in [2.05, 4.69) is 20.6 Å². The molecule has 0 saturated carbocycles. The van der Waals surface area contributed by atoms with Crippen molar-refractivity contribution in [2.75, 3.05) is 6.54 Å². The van der Waals surface area contributed by atoms with Gasteiger partial charge in [0.05, 0.1) is 12.2 Å². The molecular formula is C12H18N4O3. The van der Waals surface area contributed by atoms with Crippen molar-refractivity contribution < 1.29 is 14.7 Å². The van der Waals surface area contributed by atoms with Gasteiger partial charge in [0.2, 0.25) is 5.91 Å². The van der Waals surface area contributed by atoms with E-state index in [1.165, 1.54) is 6.33 Å². The van der Waals surface area contributed by atoms with Gasteiger partial charge in [0.25, 0.3) is 0 Å². The molecule has 1 aliphatic rings. The molecule has 7 heteroatoms. The van der Waals surface area contributed by atoms with Crippen LogP contribution >= 0.6 is 0 Å². The molecule has 1 amide bonds. The van der Waals surface area contributed by atoms with Gasteiger partial charge in [0.1, 0.15) is 6.04 Å². The molecule has 19 heavy (non-hydrogen) atoms. The first-order valence-electron chi connectivity index (χ1n) is 6.31. The monoisotopic (exact) mass is 266 g/mol. The predicted molar refractivity (Wildman–Crippen MR) is 67.4 cm³/mol.